The Balaban J connectivity index is 1.98. The van der Waals surface area contributed by atoms with Gasteiger partial charge in [-0.2, -0.15) is 0 Å². The first-order chi connectivity index (χ1) is 14.8. The molecule has 0 saturated heterocycles. The Labute approximate surface area is 187 Å². The minimum absolute atomic E-state index is 0.179. The molecule has 2 heterocycles. The maximum Gasteiger partial charge on any atom is 0.275 e. The Kier molecular flexibility index (Phi) is 5.49. The highest BCUT2D eigenvalue weighted by atomic mass is 79.9. The lowest BCUT2D eigenvalue weighted by Gasteiger charge is -2.20. The van der Waals surface area contributed by atoms with Crippen LogP contribution in [0.25, 0.3) is 5.69 Å². The smallest absolute Gasteiger partial charge is 0.275 e. The summed E-state index contributed by atoms with van der Waals surface area (Å²) in [7, 11) is 3.93. The first-order valence-electron chi connectivity index (χ1n) is 9.90. The quantitative estimate of drug-likeness (QED) is 0.404. The molecule has 0 spiro atoms. The van der Waals surface area contributed by atoms with Crippen molar-refractivity contribution < 1.29 is 0 Å². The zero-order valence-electron chi connectivity index (χ0n) is 17.8. The first-order valence-corrected chi connectivity index (χ1v) is 10.7. The zero-order valence-corrected chi connectivity index (χ0v) is 19.4. The molecule has 0 bridgehead atoms. The van der Waals surface area contributed by atoms with Crippen molar-refractivity contribution in [2.75, 3.05) is 19.0 Å². The molecule has 2 aromatic heterocycles. The van der Waals surface area contributed by atoms with Crippen LogP contribution in [-0.4, -0.2) is 34.1 Å². The number of H-pyrrole nitrogens is 3. The van der Waals surface area contributed by atoms with Crippen molar-refractivity contribution in [1.82, 2.24) is 20.0 Å². The number of anilines is 1. The molecule has 0 amide bonds. The minimum atomic E-state index is -0.531. The van der Waals surface area contributed by atoms with E-state index in [4.69, 9.17) is 0 Å². The predicted molar refractivity (Wildman–Crippen MR) is 127 cm³/mol. The number of aryl methyl sites for hydroxylation is 2. The van der Waals surface area contributed by atoms with Gasteiger partial charge in [0.15, 0.2) is 0 Å². The van der Waals surface area contributed by atoms with Gasteiger partial charge in [0.1, 0.15) is 0 Å². The van der Waals surface area contributed by atoms with Crippen molar-refractivity contribution in [3.05, 3.63) is 102 Å². The molecule has 8 heteroatoms. The minimum Gasteiger partial charge on any atom is -0.377 e. The highest BCUT2D eigenvalue weighted by Crippen LogP contribution is 2.35. The number of aromatic nitrogens is 4. The van der Waals surface area contributed by atoms with Gasteiger partial charge in [-0.15, -0.1) is 0 Å². The highest BCUT2D eigenvalue weighted by molar-refractivity contribution is 9.10. The lowest BCUT2D eigenvalue weighted by atomic mass is 9.85. The van der Waals surface area contributed by atoms with Gasteiger partial charge in [0.05, 0.1) is 22.5 Å². The number of benzene rings is 2. The summed E-state index contributed by atoms with van der Waals surface area (Å²) in [6.07, 6.45) is 0. The second-order valence-corrected chi connectivity index (χ2v) is 8.64. The van der Waals surface area contributed by atoms with Gasteiger partial charge in [-0.3, -0.25) is 19.8 Å². The largest absolute Gasteiger partial charge is 0.377 e. The molecule has 4 aromatic rings. The van der Waals surface area contributed by atoms with Crippen molar-refractivity contribution in [3.8, 4) is 5.69 Å². The van der Waals surface area contributed by atoms with Crippen LogP contribution in [0.15, 0.2) is 62.6 Å². The van der Waals surface area contributed by atoms with E-state index >= 15 is 0 Å². The average molecular weight is 482 g/mol. The Bertz CT molecular complexity index is 1340. The van der Waals surface area contributed by atoms with Crippen LogP contribution in [0.5, 0.6) is 0 Å². The predicted octanol–water partition coefficient (Wildman–Crippen LogP) is 3.81. The molecule has 1 atom stereocenters. The molecule has 31 heavy (non-hydrogen) atoms. The fourth-order valence-corrected chi connectivity index (χ4v) is 4.76. The summed E-state index contributed by atoms with van der Waals surface area (Å²) in [5.74, 6) is -0.531. The summed E-state index contributed by atoms with van der Waals surface area (Å²) in [6, 6.07) is 15.3. The van der Waals surface area contributed by atoms with E-state index in [9.17, 15) is 9.59 Å². The molecule has 0 aliphatic heterocycles. The number of hydrogen-bond donors (Lipinski definition) is 3. The average Bonchev–Trinajstić information content (AvgIpc) is 3.22. The van der Waals surface area contributed by atoms with Crippen LogP contribution < -0.4 is 16.0 Å². The van der Waals surface area contributed by atoms with Crippen molar-refractivity contribution in [2.45, 2.75) is 19.8 Å². The van der Waals surface area contributed by atoms with E-state index in [1.54, 1.807) is 0 Å². The van der Waals surface area contributed by atoms with Crippen LogP contribution in [0.1, 0.15) is 34.0 Å². The lowest BCUT2D eigenvalue weighted by molar-refractivity contribution is 0.833. The van der Waals surface area contributed by atoms with Crippen molar-refractivity contribution >= 4 is 21.6 Å². The van der Waals surface area contributed by atoms with Gasteiger partial charge in [-0.05, 0) is 59.6 Å². The van der Waals surface area contributed by atoms with E-state index in [-0.39, 0.29) is 11.1 Å². The molecule has 4 rings (SSSR count). The number of para-hydroxylation sites is 1. The van der Waals surface area contributed by atoms with E-state index in [2.05, 4.69) is 31.2 Å². The summed E-state index contributed by atoms with van der Waals surface area (Å²) >= 11 is 3.64. The second-order valence-electron chi connectivity index (χ2n) is 7.78. The van der Waals surface area contributed by atoms with Gasteiger partial charge in [-0.25, -0.2) is 4.68 Å². The maximum atomic E-state index is 13.6. The molecular formula is C23H24BrN5O2. The van der Waals surface area contributed by atoms with Gasteiger partial charge < -0.3 is 10.00 Å². The third-order valence-electron chi connectivity index (χ3n) is 5.51. The molecule has 0 radical (unpaired) electrons. The summed E-state index contributed by atoms with van der Waals surface area (Å²) in [6.45, 7) is 3.70. The lowest BCUT2D eigenvalue weighted by Crippen LogP contribution is -2.23. The number of aromatic amines is 3. The van der Waals surface area contributed by atoms with Gasteiger partial charge >= 0.3 is 0 Å². The monoisotopic (exact) mass is 481 g/mol. The standard InChI is InChI=1S/C23H24BrN5O2/c1-13-19(22(30)26-25-13)21(15-10-11-18(28(3)4)17(24)12-15)20-14(2)27-29(23(20)31)16-8-6-5-7-9-16/h5-12,21,27H,1-4H3,(H2,25,26,30). The zero-order chi connectivity index (χ0) is 22.3. The van der Waals surface area contributed by atoms with Crippen LogP contribution in [-0.2, 0) is 0 Å². The maximum absolute atomic E-state index is 13.6. The van der Waals surface area contributed by atoms with E-state index in [1.807, 2.05) is 81.4 Å². The number of rotatable bonds is 5. The summed E-state index contributed by atoms with van der Waals surface area (Å²) in [5.41, 5.74) is 4.68. The number of nitrogens with one attached hydrogen (secondary N) is 3. The summed E-state index contributed by atoms with van der Waals surface area (Å²) < 4.78 is 2.41. The summed E-state index contributed by atoms with van der Waals surface area (Å²) in [4.78, 5) is 28.3. The van der Waals surface area contributed by atoms with E-state index < -0.39 is 5.92 Å². The van der Waals surface area contributed by atoms with Crippen LogP contribution in [0.4, 0.5) is 5.69 Å². The molecule has 0 aliphatic rings. The number of nitrogens with zero attached hydrogens (tertiary/aromatic N) is 2. The molecule has 2 aromatic carbocycles. The fourth-order valence-electron chi connectivity index (χ4n) is 4.00. The van der Waals surface area contributed by atoms with Crippen molar-refractivity contribution in [1.29, 1.82) is 0 Å². The van der Waals surface area contributed by atoms with Crippen LogP contribution in [0.3, 0.4) is 0 Å². The van der Waals surface area contributed by atoms with E-state index in [1.165, 1.54) is 4.68 Å². The fraction of sp³-hybridized carbons (Fsp3) is 0.217. The topological polar surface area (TPSA) is 89.7 Å². The van der Waals surface area contributed by atoms with Crippen molar-refractivity contribution in [3.63, 3.8) is 0 Å². The Hall–Kier alpha value is -3.26. The van der Waals surface area contributed by atoms with Crippen LogP contribution in [0, 0.1) is 13.8 Å². The van der Waals surface area contributed by atoms with E-state index in [0.717, 1.165) is 21.4 Å². The first kappa shape index (κ1) is 21.0. The van der Waals surface area contributed by atoms with Crippen molar-refractivity contribution in [2.24, 2.45) is 0 Å². The van der Waals surface area contributed by atoms with Gasteiger partial charge in [0, 0.05) is 35.9 Å². The second kappa shape index (κ2) is 8.11. The van der Waals surface area contributed by atoms with Gasteiger partial charge in [0.2, 0.25) is 0 Å². The molecule has 0 saturated carbocycles. The molecule has 160 valence electrons. The van der Waals surface area contributed by atoms with Crippen LogP contribution >= 0.6 is 15.9 Å². The number of hydrogen-bond acceptors (Lipinski definition) is 3. The Morgan fingerprint density at radius 2 is 1.65 bits per heavy atom. The Morgan fingerprint density at radius 1 is 0.935 bits per heavy atom. The molecule has 3 N–H and O–H groups in total. The van der Waals surface area contributed by atoms with Crippen LogP contribution in [0.2, 0.25) is 0 Å². The SMILES string of the molecule is Cc1[nH][nH]c(=O)c1C(c1ccc(N(C)C)c(Br)c1)c1c(C)[nH]n(-c2ccccc2)c1=O. The third kappa shape index (κ3) is 3.67. The third-order valence-corrected chi connectivity index (χ3v) is 6.14. The normalized spacial score (nSPS) is 12.2. The molecule has 7 nitrogen and oxygen atoms in total. The van der Waals surface area contributed by atoms with E-state index in [0.29, 0.717) is 22.5 Å². The molecule has 0 aliphatic carbocycles. The highest BCUT2D eigenvalue weighted by Gasteiger charge is 2.30. The molecular weight excluding hydrogens is 458 g/mol. The summed E-state index contributed by atoms with van der Waals surface area (Å²) in [5, 5.41) is 8.75. The van der Waals surface area contributed by atoms with Gasteiger partial charge in [0.25, 0.3) is 11.1 Å². The molecule has 1 unspecified atom stereocenters. The number of halogens is 1. The van der Waals surface area contributed by atoms with Gasteiger partial charge in [-0.1, -0.05) is 24.3 Å². The molecule has 0 fully saturated rings. The Morgan fingerprint density at radius 3 is 2.23 bits per heavy atom.